The Balaban J connectivity index is 2.69. The second-order valence-electron chi connectivity index (χ2n) is 3.75. The monoisotopic (exact) mass is 284 g/mol. The van der Waals surface area contributed by atoms with Crippen LogP contribution in [0.4, 0.5) is 0 Å². The molecule has 2 nitrogen and oxygen atoms in total. The number of nitrogens with one attached hydrogen (secondary N) is 1. The van der Waals surface area contributed by atoms with E-state index in [9.17, 15) is 0 Å². The Kier molecular flexibility index (Phi) is 3.52. The summed E-state index contributed by atoms with van der Waals surface area (Å²) in [5.41, 5.74) is 3.34. The molecule has 0 aliphatic heterocycles. The lowest BCUT2D eigenvalue weighted by molar-refractivity contribution is 1.04. The van der Waals surface area contributed by atoms with Crippen LogP contribution < -0.4 is 0 Å². The summed E-state index contributed by atoms with van der Waals surface area (Å²) in [5.74, 6) is 0. The van der Waals surface area contributed by atoms with Gasteiger partial charge in [-0.1, -0.05) is 35.4 Å². The Hall–Kier alpha value is -0.900. The van der Waals surface area contributed by atoms with E-state index >= 15 is 0 Å². The molecule has 0 radical (unpaired) electrons. The van der Waals surface area contributed by atoms with Crippen molar-refractivity contribution in [2.45, 2.75) is 13.8 Å². The molecular weight excluding hydrogens is 275 g/mol. The van der Waals surface area contributed by atoms with Crippen molar-refractivity contribution in [2.24, 2.45) is 0 Å². The standard InChI is InChI=1S/C12H10Cl2N2S/c1-6-7(2)16-12(17)11(15-6)9-4-3-8(13)5-10(9)14/h3-5H,1-2H3,(H,16,17). The highest BCUT2D eigenvalue weighted by Crippen LogP contribution is 2.29. The fourth-order valence-electron chi connectivity index (χ4n) is 1.49. The second-order valence-corrected chi connectivity index (χ2v) is 5.00. The van der Waals surface area contributed by atoms with Gasteiger partial charge >= 0.3 is 0 Å². The van der Waals surface area contributed by atoms with Gasteiger partial charge in [-0.05, 0) is 32.0 Å². The maximum atomic E-state index is 6.14. The Bertz CT molecular complexity index is 635. The summed E-state index contributed by atoms with van der Waals surface area (Å²) in [4.78, 5) is 7.58. The lowest BCUT2D eigenvalue weighted by atomic mass is 10.1. The number of aromatic amines is 1. The average Bonchev–Trinajstić information content (AvgIpc) is 2.24. The maximum Gasteiger partial charge on any atom is 0.130 e. The van der Waals surface area contributed by atoms with Gasteiger partial charge in [-0.3, -0.25) is 0 Å². The van der Waals surface area contributed by atoms with Crippen molar-refractivity contribution < 1.29 is 0 Å². The number of rotatable bonds is 1. The molecule has 0 bridgehead atoms. The molecule has 17 heavy (non-hydrogen) atoms. The van der Waals surface area contributed by atoms with Crippen LogP contribution in [0.2, 0.25) is 10.0 Å². The molecule has 0 amide bonds. The number of benzene rings is 1. The molecular formula is C12H10Cl2N2S. The molecule has 88 valence electrons. The fraction of sp³-hybridized carbons (Fsp3) is 0.167. The van der Waals surface area contributed by atoms with Gasteiger partial charge in [0.15, 0.2) is 0 Å². The third-order valence-corrected chi connectivity index (χ3v) is 3.37. The topological polar surface area (TPSA) is 28.7 Å². The Morgan fingerprint density at radius 2 is 1.94 bits per heavy atom. The van der Waals surface area contributed by atoms with E-state index in [1.807, 2.05) is 19.9 Å². The van der Waals surface area contributed by atoms with E-state index in [0.29, 0.717) is 20.4 Å². The van der Waals surface area contributed by atoms with Crippen LogP contribution in [0.25, 0.3) is 11.3 Å². The molecule has 0 fully saturated rings. The van der Waals surface area contributed by atoms with Crippen molar-refractivity contribution in [1.29, 1.82) is 0 Å². The van der Waals surface area contributed by atoms with Gasteiger partial charge in [-0.25, -0.2) is 4.98 Å². The molecule has 0 aliphatic rings. The lowest BCUT2D eigenvalue weighted by Crippen LogP contribution is -1.96. The molecule has 5 heteroatoms. The molecule has 0 spiro atoms. The number of aryl methyl sites for hydroxylation is 2. The third-order valence-electron chi connectivity index (χ3n) is 2.52. The summed E-state index contributed by atoms with van der Waals surface area (Å²) in [6.45, 7) is 3.86. The molecule has 0 unspecified atom stereocenters. The number of aromatic nitrogens is 2. The van der Waals surface area contributed by atoms with Crippen molar-refractivity contribution in [3.05, 3.63) is 44.3 Å². The maximum absolute atomic E-state index is 6.14. The van der Waals surface area contributed by atoms with Crippen LogP contribution in [0.3, 0.4) is 0 Å². The van der Waals surface area contributed by atoms with Gasteiger partial charge in [0.2, 0.25) is 0 Å². The van der Waals surface area contributed by atoms with Gasteiger partial charge in [-0.2, -0.15) is 0 Å². The second kappa shape index (κ2) is 4.77. The minimum atomic E-state index is 0.549. The number of hydrogen-bond acceptors (Lipinski definition) is 2. The molecule has 0 saturated carbocycles. The van der Waals surface area contributed by atoms with Crippen LogP contribution in [0.15, 0.2) is 18.2 Å². The largest absolute Gasteiger partial charge is 0.347 e. The summed E-state index contributed by atoms with van der Waals surface area (Å²) >= 11 is 17.3. The van der Waals surface area contributed by atoms with E-state index < -0.39 is 0 Å². The quantitative estimate of drug-likeness (QED) is 0.767. The van der Waals surface area contributed by atoms with Crippen LogP contribution in [-0.2, 0) is 0 Å². The van der Waals surface area contributed by atoms with Gasteiger partial charge in [-0.15, -0.1) is 0 Å². The number of H-pyrrole nitrogens is 1. The van der Waals surface area contributed by atoms with E-state index in [4.69, 9.17) is 35.4 Å². The van der Waals surface area contributed by atoms with Gasteiger partial charge in [0.05, 0.1) is 10.7 Å². The van der Waals surface area contributed by atoms with Crippen LogP contribution in [-0.4, -0.2) is 9.97 Å². The van der Waals surface area contributed by atoms with Crippen LogP contribution in [0.1, 0.15) is 11.4 Å². The smallest absolute Gasteiger partial charge is 0.130 e. The molecule has 0 atom stereocenters. The first-order chi connectivity index (χ1) is 7.99. The molecule has 1 aromatic heterocycles. The van der Waals surface area contributed by atoms with Crippen LogP contribution in [0.5, 0.6) is 0 Å². The molecule has 2 rings (SSSR count). The summed E-state index contributed by atoms with van der Waals surface area (Å²) in [6.07, 6.45) is 0. The number of nitrogens with zero attached hydrogens (tertiary/aromatic N) is 1. The van der Waals surface area contributed by atoms with Gasteiger partial charge in [0.1, 0.15) is 10.3 Å². The van der Waals surface area contributed by atoms with E-state index in [1.54, 1.807) is 12.1 Å². The highest BCUT2D eigenvalue weighted by atomic mass is 35.5. The van der Waals surface area contributed by atoms with Crippen LogP contribution >= 0.6 is 35.4 Å². The predicted molar refractivity (Wildman–Crippen MR) is 74.4 cm³/mol. The highest BCUT2D eigenvalue weighted by molar-refractivity contribution is 7.71. The molecule has 2 aromatic rings. The Morgan fingerprint density at radius 3 is 2.59 bits per heavy atom. The van der Waals surface area contributed by atoms with Crippen LogP contribution in [0, 0.1) is 18.5 Å². The first kappa shape index (κ1) is 12.6. The third kappa shape index (κ3) is 2.51. The molecule has 0 aliphatic carbocycles. The van der Waals surface area contributed by atoms with E-state index in [-0.39, 0.29) is 0 Å². The van der Waals surface area contributed by atoms with Gasteiger partial charge in [0.25, 0.3) is 0 Å². The van der Waals surface area contributed by atoms with Gasteiger partial charge in [0, 0.05) is 16.3 Å². The van der Waals surface area contributed by atoms with Crippen molar-refractivity contribution in [1.82, 2.24) is 9.97 Å². The zero-order chi connectivity index (χ0) is 12.6. The fourth-order valence-corrected chi connectivity index (χ4v) is 2.29. The zero-order valence-electron chi connectivity index (χ0n) is 9.34. The highest BCUT2D eigenvalue weighted by Gasteiger charge is 2.09. The predicted octanol–water partition coefficient (Wildman–Crippen LogP) is 4.73. The Labute approximate surface area is 115 Å². The normalized spacial score (nSPS) is 10.6. The van der Waals surface area contributed by atoms with Crippen molar-refractivity contribution in [3.8, 4) is 11.3 Å². The Morgan fingerprint density at radius 1 is 1.24 bits per heavy atom. The molecule has 1 N–H and O–H groups in total. The van der Waals surface area contributed by atoms with E-state index in [2.05, 4.69) is 9.97 Å². The van der Waals surface area contributed by atoms with E-state index in [1.165, 1.54) is 0 Å². The van der Waals surface area contributed by atoms with Crippen molar-refractivity contribution >= 4 is 35.4 Å². The minimum Gasteiger partial charge on any atom is -0.347 e. The van der Waals surface area contributed by atoms with Gasteiger partial charge < -0.3 is 4.98 Å². The first-order valence-electron chi connectivity index (χ1n) is 5.02. The van der Waals surface area contributed by atoms with Crippen molar-refractivity contribution in [3.63, 3.8) is 0 Å². The molecule has 1 aromatic carbocycles. The summed E-state index contributed by atoms with van der Waals surface area (Å²) in [5, 5.41) is 1.14. The van der Waals surface area contributed by atoms with Crippen molar-refractivity contribution in [2.75, 3.05) is 0 Å². The number of halogens is 2. The molecule has 0 saturated heterocycles. The van der Waals surface area contributed by atoms with E-state index in [0.717, 1.165) is 17.0 Å². The summed E-state index contributed by atoms with van der Waals surface area (Å²) in [6, 6.07) is 5.28. The summed E-state index contributed by atoms with van der Waals surface area (Å²) < 4.78 is 0.581. The minimum absolute atomic E-state index is 0.549. The first-order valence-corrected chi connectivity index (χ1v) is 6.18. The zero-order valence-corrected chi connectivity index (χ0v) is 11.7. The SMILES string of the molecule is Cc1nc(-c2ccc(Cl)cc2Cl)c(=S)[nH]c1C. The lowest BCUT2D eigenvalue weighted by Gasteiger charge is -2.07. The summed E-state index contributed by atoms with van der Waals surface area (Å²) in [7, 11) is 0. The molecule has 1 heterocycles. The average molecular weight is 285 g/mol. The number of hydrogen-bond donors (Lipinski definition) is 1.